The van der Waals surface area contributed by atoms with E-state index >= 15 is 0 Å². The van der Waals surface area contributed by atoms with E-state index in [1.165, 1.54) is 11.0 Å². The average Bonchev–Trinajstić information content (AvgIpc) is 3.08. The number of benzene rings is 1. The van der Waals surface area contributed by atoms with Crippen molar-refractivity contribution in [1.82, 2.24) is 25.4 Å². The standard InChI is InChI=1S/C17H22N6O2.ClH/c24-15(19-9-13-5-2-1-3-6-13)11-23-12-20-17(22-23)21-16(25)14-7-4-8-18-10-14;/h1-3,5-6,12,14,18H,4,7-11H2,(H,19,24)(H,21,22,25);1H. The Kier molecular flexibility index (Phi) is 7.55. The molecule has 1 unspecified atom stereocenters. The van der Waals surface area contributed by atoms with E-state index in [2.05, 4.69) is 26.0 Å². The number of amides is 2. The van der Waals surface area contributed by atoms with E-state index in [1.54, 1.807) is 0 Å². The van der Waals surface area contributed by atoms with Crippen molar-refractivity contribution in [3.8, 4) is 0 Å². The van der Waals surface area contributed by atoms with Gasteiger partial charge in [-0.1, -0.05) is 30.3 Å². The molecule has 1 aliphatic rings. The number of carbonyl (C=O) groups is 2. The summed E-state index contributed by atoms with van der Waals surface area (Å²) in [6, 6.07) is 9.68. The molecule has 1 fully saturated rings. The molecule has 2 heterocycles. The largest absolute Gasteiger partial charge is 0.350 e. The van der Waals surface area contributed by atoms with Crippen LogP contribution < -0.4 is 16.0 Å². The van der Waals surface area contributed by atoms with Crippen LogP contribution >= 0.6 is 12.4 Å². The van der Waals surface area contributed by atoms with E-state index < -0.39 is 0 Å². The van der Waals surface area contributed by atoms with Crippen LogP contribution in [0.15, 0.2) is 36.7 Å². The maximum atomic E-state index is 12.1. The van der Waals surface area contributed by atoms with Crippen molar-refractivity contribution in [1.29, 1.82) is 0 Å². The molecule has 2 aromatic rings. The summed E-state index contributed by atoms with van der Waals surface area (Å²) >= 11 is 0. The van der Waals surface area contributed by atoms with E-state index in [0.29, 0.717) is 13.1 Å². The van der Waals surface area contributed by atoms with Gasteiger partial charge in [-0.15, -0.1) is 17.5 Å². The van der Waals surface area contributed by atoms with Crippen molar-refractivity contribution < 1.29 is 9.59 Å². The van der Waals surface area contributed by atoms with Crippen molar-refractivity contribution in [2.24, 2.45) is 5.92 Å². The molecule has 140 valence electrons. The lowest BCUT2D eigenvalue weighted by atomic mass is 9.99. The molecule has 1 atom stereocenters. The summed E-state index contributed by atoms with van der Waals surface area (Å²) in [5.74, 6) is -0.0807. The smallest absolute Gasteiger partial charge is 0.248 e. The van der Waals surface area contributed by atoms with E-state index in [1.807, 2.05) is 30.3 Å². The molecule has 8 nitrogen and oxygen atoms in total. The minimum Gasteiger partial charge on any atom is -0.350 e. The fourth-order valence-corrected chi connectivity index (χ4v) is 2.72. The number of nitrogens with zero attached hydrogens (tertiary/aromatic N) is 3. The van der Waals surface area contributed by atoms with E-state index in [9.17, 15) is 9.59 Å². The molecule has 2 amide bonds. The Labute approximate surface area is 158 Å². The van der Waals surface area contributed by atoms with Gasteiger partial charge in [0.15, 0.2) is 0 Å². The van der Waals surface area contributed by atoms with Gasteiger partial charge in [-0.2, -0.15) is 0 Å². The molecule has 26 heavy (non-hydrogen) atoms. The fourth-order valence-electron chi connectivity index (χ4n) is 2.72. The predicted octanol–water partition coefficient (Wildman–Crippen LogP) is 0.954. The number of piperidine rings is 1. The third-order valence-electron chi connectivity index (χ3n) is 4.08. The quantitative estimate of drug-likeness (QED) is 0.695. The van der Waals surface area contributed by atoms with Crippen LogP contribution in [-0.2, 0) is 22.7 Å². The Bertz CT molecular complexity index is 715. The molecule has 1 aromatic carbocycles. The third kappa shape index (κ3) is 5.82. The molecule has 0 bridgehead atoms. The lowest BCUT2D eigenvalue weighted by Crippen LogP contribution is -2.37. The fraction of sp³-hybridized carbons (Fsp3) is 0.412. The highest BCUT2D eigenvalue weighted by Crippen LogP contribution is 2.11. The summed E-state index contributed by atoms with van der Waals surface area (Å²) in [5.41, 5.74) is 1.03. The third-order valence-corrected chi connectivity index (χ3v) is 4.08. The number of rotatable bonds is 6. The first kappa shape index (κ1) is 19.9. The molecule has 3 rings (SSSR count). The van der Waals surface area contributed by atoms with E-state index in [4.69, 9.17) is 0 Å². The second kappa shape index (κ2) is 9.88. The number of anilines is 1. The van der Waals surface area contributed by atoms with Crippen LogP contribution in [0.5, 0.6) is 0 Å². The Balaban J connectivity index is 0.00000243. The van der Waals surface area contributed by atoms with Crippen LogP contribution in [0.3, 0.4) is 0 Å². The Hall–Kier alpha value is -2.45. The summed E-state index contributed by atoms with van der Waals surface area (Å²) < 4.78 is 1.41. The molecular formula is C17H23ClN6O2. The van der Waals surface area contributed by atoms with Crippen molar-refractivity contribution in [2.45, 2.75) is 25.9 Å². The minimum absolute atomic E-state index is 0. The predicted molar refractivity (Wildman–Crippen MR) is 99.8 cm³/mol. The summed E-state index contributed by atoms with van der Waals surface area (Å²) in [4.78, 5) is 28.1. The Morgan fingerprint density at radius 2 is 2.08 bits per heavy atom. The zero-order valence-corrected chi connectivity index (χ0v) is 15.2. The van der Waals surface area contributed by atoms with Crippen LogP contribution in [0.25, 0.3) is 0 Å². The van der Waals surface area contributed by atoms with Crippen molar-refractivity contribution in [3.63, 3.8) is 0 Å². The molecule has 0 aliphatic carbocycles. The van der Waals surface area contributed by atoms with Crippen LogP contribution in [0.2, 0.25) is 0 Å². The van der Waals surface area contributed by atoms with Gasteiger partial charge in [0.2, 0.25) is 17.8 Å². The van der Waals surface area contributed by atoms with Gasteiger partial charge in [0, 0.05) is 13.1 Å². The lowest BCUT2D eigenvalue weighted by molar-refractivity contribution is -0.122. The zero-order chi connectivity index (χ0) is 17.5. The molecule has 3 N–H and O–H groups in total. The maximum absolute atomic E-state index is 12.1. The molecule has 0 radical (unpaired) electrons. The summed E-state index contributed by atoms with van der Waals surface area (Å²) in [5, 5.41) is 12.9. The zero-order valence-electron chi connectivity index (χ0n) is 14.4. The Morgan fingerprint density at radius 1 is 1.27 bits per heavy atom. The van der Waals surface area contributed by atoms with Crippen molar-refractivity contribution in [2.75, 3.05) is 18.4 Å². The van der Waals surface area contributed by atoms with Gasteiger partial charge in [-0.25, -0.2) is 9.67 Å². The van der Waals surface area contributed by atoms with Gasteiger partial charge in [-0.05, 0) is 24.9 Å². The highest BCUT2D eigenvalue weighted by molar-refractivity contribution is 5.91. The first-order valence-corrected chi connectivity index (χ1v) is 8.42. The van der Waals surface area contributed by atoms with Crippen LogP contribution in [0.1, 0.15) is 18.4 Å². The van der Waals surface area contributed by atoms with Crippen molar-refractivity contribution >= 4 is 30.2 Å². The number of hydrogen-bond acceptors (Lipinski definition) is 5. The van der Waals surface area contributed by atoms with Crippen LogP contribution in [-0.4, -0.2) is 39.7 Å². The number of hydrogen-bond donors (Lipinski definition) is 3. The second-order valence-corrected chi connectivity index (χ2v) is 6.06. The number of aromatic nitrogens is 3. The molecule has 1 aliphatic heterocycles. The molecule has 0 spiro atoms. The normalized spacial score (nSPS) is 16.4. The van der Waals surface area contributed by atoms with E-state index in [-0.39, 0.29) is 42.6 Å². The van der Waals surface area contributed by atoms with Crippen LogP contribution in [0.4, 0.5) is 5.95 Å². The SMILES string of the molecule is Cl.O=C(Cn1cnc(NC(=O)C2CCCNC2)n1)NCc1ccccc1. The molecular weight excluding hydrogens is 356 g/mol. The summed E-state index contributed by atoms with van der Waals surface area (Å²) in [6.45, 7) is 2.15. The monoisotopic (exact) mass is 378 g/mol. The summed E-state index contributed by atoms with van der Waals surface area (Å²) in [6.07, 6.45) is 3.29. The van der Waals surface area contributed by atoms with Gasteiger partial charge in [0.25, 0.3) is 0 Å². The highest BCUT2D eigenvalue weighted by Gasteiger charge is 2.21. The van der Waals surface area contributed by atoms with Gasteiger partial charge in [0.1, 0.15) is 12.9 Å². The van der Waals surface area contributed by atoms with Gasteiger partial charge < -0.3 is 10.6 Å². The molecule has 1 saturated heterocycles. The first-order valence-electron chi connectivity index (χ1n) is 8.42. The maximum Gasteiger partial charge on any atom is 0.248 e. The number of carbonyl (C=O) groups excluding carboxylic acids is 2. The van der Waals surface area contributed by atoms with Crippen molar-refractivity contribution in [3.05, 3.63) is 42.2 Å². The minimum atomic E-state index is -0.164. The summed E-state index contributed by atoms with van der Waals surface area (Å²) in [7, 11) is 0. The second-order valence-electron chi connectivity index (χ2n) is 6.06. The number of nitrogens with one attached hydrogen (secondary N) is 3. The van der Waals surface area contributed by atoms with Crippen LogP contribution in [0, 0.1) is 5.92 Å². The number of halogens is 1. The first-order chi connectivity index (χ1) is 12.2. The highest BCUT2D eigenvalue weighted by atomic mass is 35.5. The average molecular weight is 379 g/mol. The van der Waals surface area contributed by atoms with E-state index in [0.717, 1.165) is 24.9 Å². The van der Waals surface area contributed by atoms with Gasteiger partial charge in [0.05, 0.1) is 5.92 Å². The van der Waals surface area contributed by atoms with Gasteiger partial charge in [-0.3, -0.25) is 14.9 Å². The lowest BCUT2D eigenvalue weighted by Gasteiger charge is -2.20. The molecule has 1 aromatic heterocycles. The topological polar surface area (TPSA) is 101 Å². The molecule has 0 saturated carbocycles. The van der Waals surface area contributed by atoms with Gasteiger partial charge >= 0.3 is 0 Å². The molecule has 9 heteroatoms. The Morgan fingerprint density at radius 3 is 2.81 bits per heavy atom.